The second-order valence-corrected chi connectivity index (χ2v) is 6.66. The number of fused-ring (bicyclic) bond motifs is 1. The van der Waals surface area contributed by atoms with Crippen LogP contribution in [0, 0.1) is 11.6 Å². The van der Waals surface area contributed by atoms with Gasteiger partial charge in [-0.3, -0.25) is 9.69 Å². The van der Waals surface area contributed by atoms with Crippen LogP contribution in [0.4, 0.5) is 14.5 Å². The van der Waals surface area contributed by atoms with Gasteiger partial charge in [0, 0.05) is 48.9 Å². The van der Waals surface area contributed by atoms with Gasteiger partial charge in [-0.15, -0.1) is 0 Å². The fourth-order valence-electron chi connectivity index (χ4n) is 3.28. The molecule has 5 nitrogen and oxygen atoms in total. The van der Waals surface area contributed by atoms with E-state index in [1.165, 1.54) is 12.1 Å². The van der Waals surface area contributed by atoms with Crippen LogP contribution in [0.3, 0.4) is 0 Å². The predicted molar refractivity (Wildman–Crippen MR) is 98.9 cm³/mol. The van der Waals surface area contributed by atoms with Crippen LogP contribution in [0.15, 0.2) is 47.3 Å². The Morgan fingerprint density at radius 2 is 1.93 bits per heavy atom. The van der Waals surface area contributed by atoms with Crippen molar-refractivity contribution < 1.29 is 8.78 Å². The molecular weight excluding hydrogens is 350 g/mol. The first-order chi connectivity index (χ1) is 13.0. The van der Waals surface area contributed by atoms with Crippen LogP contribution in [0.5, 0.6) is 0 Å². The lowest BCUT2D eigenvalue weighted by atomic mass is 10.0. The first kappa shape index (κ1) is 17.4. The van der Waals surface area contributed by atoms with Crippen molar-refractivity contribution in [1.29, 1.82) is 0 Å². The Bertz CT molecular complexity index is 1050. The van der Waals surface area contributed by atoms with Crippen molar-refractivity contribution in [2.24, 2.45) is 0 Å². The number of hydrogen-bond acceptors (Lipinski definition) is 4. The highest BCUT2D eigenvalue weighted by molar-refractivity contribution is 5.58. The first-order valence-electron chi connectivity index (χ1n) is 8.64. The van der Waals surface area contributed by atoms with E-state index in [4.69, 9.17) is 5.73 Å². The summed E-state index contributed by atoms with van der Waals surface area (Å²) in [6, 6.07) is 10.7. The van der Waals surface area contributed by atoms with Crippen LogP contribution in [0.1, 0.15) is 16.8 Å². The molecular formula is C20H18F2N4O. The zero-order valence-corrected chi connectivity index (χ0v) is 14.5. The monoisotopic (exact) mass is 368 g/mol. The molecule has 0 bridgehead atoms. The average molecular weight is 368 g/mol. The summed E-state index contributed by atoms with van der Waals surface area (Å²) in [7, 11) is 0. The van der Waals surface area contributed by atoms with Gasteiger partial charge in [0.05, 0.1) is 11.3 Å². The molecule has 0 radical (unpaired) electrons. The second-order valence-electron chi connectivity index (χ2n) is 6.66. The van der Waals surface area contributed by atoms with E-state index in [-0.39, 0.29) is 5.56 Å². The zero-order valence-electron chi connectivity index (χ0n) is 14.5. The summed E-state index contributed by atoms with van der Waals surface area (Å²) in [4.78, 5) is 21.9. The van der Waals surface area contributed by atoms with Gasteiger partial charge >= 0.3 is 0 Å². The van der Waals surface area contributed by atoms with Gasteiger partial charge in [0.2, 0.25) is 0 Å². The van der Waals surface area contributed by atoms with Crippen LogP contribution < -0.4 is 11.3 Å². The number of nitrogens with zero attached hydrogens (tertiary/aromatic N) is 2. The normalized spacial score (nSPS) is 14.1. The molecule has 2 heterocycles. The Kier molecular flexibility index (Phi) is 4.45. The maximum atomic E-state index is 13.9. The summed E-state index contributed by atoms with van der Waals surface area (Å²) < 4.78 is 27.0. The molecule has 2 aromatic carbocycles. The average Bonchev–Trinajstić information content (AvgIpc) is 2.65. The first-order valence-corrected chi connectivity index (χ1v) is 8.64. The molecule has 0 spiro atoms. The Labute approximate surface area is 154 Å². The summed E-state index contributed by atoms with van der Waals surface area (Å²) in [5.74, 6) is -0.667. The Balaban J connectivity index is 1.58. The van der Waals surface area contributed by atoms with Gasteiger partial charge < -0.3 is 10.7 Å². The molecule has 3 N–H and O–H groups in total. The molecule has 1 aliphatic rings. The molecule has 3 aromatic rings. The van der Waals surface area contributed by atoms with Gasteiger partial charge in [0.15, 0.2) is 0 Å². The maximum Gasteiger partial charge on any atom is 0.255 e. The largest absolute Gasteiger partial charge is 0.399 e. The van der Waals surface area contributed by atoms with E-state index < -0.39 is 11.6 Å². The van der Waals surface area contributed by atoms with E-state index in [0.29, 0.717) is 48.7 Å². The minimum absolute atomic E-state index is 0.198. The highest BCUT2D eigenvalue weighted by Gasteiger charge is 2.22. The van der Waals surface area contributed by atoms with Crippen LogP contribution >= 0.6 is 0 Å². The maximum absolute atomic E-state index is 13.9. The molecule has 0 atom stereocenters. The molecule has 138 valence electrons. The topological polar surface area (TPSA) is 75.0 Å². The van der Waals surface area contributed by atoms with Crippen LogP contribution in [-0.2, 0) is 19.5 Å². The number of benzene rings is 2. The molecule has 0 amide bonds. The standard InChI is InChI=1S/C20H18F2N4O/c21-14-4-1-13(17(22)9-14)10-26-8-7-18-16(11-26)20(27)25-19(24-18)12-2-5-15(23)6-3-12/h1-6,9H,7-8,10-11,23H2,(H,24,25,27). The number of nitrogens with one attached hydrogen (secondary N) is 1. The number of H-pyrrole nitrogens is 1. The van der Waals surface area contributed by atoms with Crippen LogP contribution in [0.2, 0.25) is 0 Å². The number of anilines is 1. The number of aromatic amines is 1. The molecule has 4 rings (SSSR count). The van der Waals surface area contributed by atoms with Crippen LogP contribution in [0.25, 0.3) is 11.4 Å². The van der Waals surface area contributed by atoms with E-state index in [0.717, 1.165) is 17.3 Å². The summed E-state index contributed by atoms with van der Waals surface area (Å²) in [5.41, 5.74) is 8.68. The Morgan fingerprint density at radius 3 is 2.67 bits per heavy atom. The van der Waals surface area contributed by atoms with E-state index >= 15 is 0 Å². The lowest BCUT2D eigenvalue weighted by Crippen LogP contribution is -2.35. The number of rotatable bonds is 3. The van der Waals surface area contributed by atoms with Crippen molar-refractivity contribution in [3.05, 3.63) is 81.3 Å². The summed E-state index contributed by atoms with van der Waals surface area (Å²) in [6.45, 7) is 1.32. The van der Waals surface area contributed by atoms with Crippen LogP contribution in [-0.4, -0.2) is 21.4 Å². The summed E-state index contributed by atoms with van der Waals surface area (Å²) in [5, 5.41) is 0. The highest BCUT2D eigenvalue weighted by Crippen LogP contribution is 2.21. The smallest absolute Gasteiger partial charge is 0.255 e. The second kappa shape index (κ2) is 6.92. The molecule has 0 fully saturated rings. The number of aromatic nitrogens is 2. The number of halogens is 2. The fourth-order valence-corrected chi connectivity index (χ4v) is 3.28. The van der Waals surface area contributed by atoms with Gasteiger partial charge in [-0.2, -0.15) is 0 Å². The molecule has 0 saturated carbocycles. The third kappa shape index (κ3) is 3.59. The van der Waals surface area contributed by atoms with Gasteiger partial charge in [-0.05, 0) is 30.3 Å². The minimum Gasteiger partial charge on any atom is -0.399 e. The van der Waals surface area contributed by atoms with Gasteiger partial charge in [-0.25, -0.2) is 13.8 Å². The highest BCUT2D eigenvalue weighted by atomic mass is 19.1. The lowest BCUT2D eigenvalue weighted by molar-refractivity contribution is 0.238. The molecule has 0 unspecified atom stereocenters. The predicted octanol–water partition coefficient (Wildman–Crippen LogP) is 2.86. The molecule has 0 saturated heterocycles. The van der Waals surface area contributed by atoms with Crippen molar-refractivity contribution in [2.75, 3.05) is 12.3 Å². The summed E-state index contributed by atoms with van der Waals surface area (Å²) >= 11 is 0. The lowest BCUT2D eigenvalue weighted by Gasteiger charge is -2.27. The zero-order chi connectivity index (χ0) is 19.0. The van der Waals surface area contributed by atoms with Gasteiger partial charge in [0.1, 0.15) is 17.5 Å². The van der Waals surface area contributed by atoms with Crippen molar-refractivity contribution in [3.8, 4) is 11.4 Å². The SMILES string of the molecule is Nc1ccc(-c2nc3c(c(=O)[nH]2)CN(Cc2ccc(F)cc2F)CC3)cc1. The molecule has 1 aliphatic heterocycles. The summed E-state index contributed by atoms with van der Waals surface area (Å²) in [6.07, 6.45) is 0.587. The van der Waals surface area contributed by atoms with Crippen molar-refractivity contribution in [3.63, 3.8) is 0 Å². The molecule has 27 heavy (non-hydrogen) atoms. The van der Waals surface area contributed by atoms with Gasteiger partial charge in [-0.1, -0.05) is 6.07 Å². The molecule has 1 aromatic heterocycles. The number of hydrogen-bond donors (Lipinski definition) is 2. The molecule has 7 heteroatoms. The third-order valence-corrected chi connectivity index (χ3v) is 4.74. The number of nitrogens with two attached hydrogens (primary N) is 1. The van der Waals surface area contributed by atoms with Crippen molar-refractivity contribution in [2.45, 2.75) is 19.5 Å². The Morgan fingerprint density at radius 1 is 1.15 bits per heavy atom. The van der Waals surface area contributed by atoms with E-state index in [1.54, 1.807) is 12.1 Å². The molecule has 0 aliphatic carbocycles. The van der Waals surface area contributed by atoms with Crippen molar-refractivity contribution in [1.82, 2.24) is 14.9 Å². The quantitative estimate of drug-likeness (QED) is 0.697. The Hall–Kier alpha value is -3.06. The van der Waals surface area contributed by atoms with E-state index in [1.807, 2.05) is 17.0 Å². The fraction of sp³-hybridized carbons (Fsp3) is 0.200. The third-order valence-electron chi connectivity index (χ3n) is 4.74. The number of nitrogen functional groups attached to an aromatic ring is 1. The minimum atomic E-state index is -0.601. The van der Waals surface area contributed by atoms with Gasteiger partial charge in [0.25, 0.3) is 5.56 Å². The van der Waals surface area contributed by atoms with Crippen molar-refractivity contribution >= 4 is 5.69 Å². The van der Waals surface area contributed by atoms with E-state index in [2.05, 4.69) is 9.97 Å². The van der Waals surface area contributed by atoms with E-state index in [9.17, 15) is 13.6 Å².